The van der Waals surface area contributed by atoms with Gasteiger partial charge in [0, 0.05) is 25.0 Å². The number of rotatable bonds is 7. The van der Waals surface area contributed by atoms with E-state index in [-0.39, 0.29) is 0 Å². The zero-order valence-corrected chi connectivity index (χ0v) is 12.9. The molecule has 0 spiro atoms. The second-order valence-electron chi connectivity index (χ2n) is 5.31. The minimum atomic E-state index is 0.476. The Hall–Kier alpha value is -1.54. The molecule has 0 fully saturated rings. The summed E-state index contributed by atoms with van der Waals surface area (Å²) in [6.45, 7) is 8.55. The van der Waals surface area contributed by atoms with Gasteiger partial charge in [0.15, 0.2) is 0 Å². The molecule has 0 aliphatic heterocycles. The molecule has 2 nitrogen and oxygen atoms in total. The van der Waals surface area contributed by atoms with E-state index in [1.54, 1.807) is 0 Å². The maximum atomic E-state index is 3.53. The fourth-order valence-corrected chi connectivity index (χ4v) is 2.60. The standard InChI is InChI=1S/C18H26N2/c1-4-15-7-9-16(10-8-15)13-20-12-11-17(14-20)18(5-2)19-6-3/h7-12,14,18-19H,4-6,13H2,1-3H3. The van der Waals surface area contributed by atoms with Crippen LogP contribution in [-0.2, 0) is 13.0 Å². The Kier molecular flexibility index (Phi) is 5.42. The quantitative estimate of drug-likeness (QED) is 0.799. The summed E-state index contributed by atoms with van der Waals surface area (Å²) >= 11 is 0. The molecule has 1 atom stereocenters. The van der Waals surface area contributed by atoms with Gasteiger partial charge in [-0.3, -0.25) is 0 Å². The lowest BCUT2D eigenvalue weighted by molar-refractivity contribution is 0.536. The van der Waals surface area contributed by atoms with Crippen LogP contribution < -0.4 is 5.32 Å². The van der Waals surface area contributed by atoms with Crippen LogP contribution in [0.1, 0.15) is 49.9 Å². The number of hydrogen-bond acceptors (Lipinski definition) is 1. The Bertz CT molecular complexity index is 510. The van der Waals surface area contributed by atoms with Crippen LogP contribution in [0.5, 0.6) is 0 Å². The van der Waals surface area contributed by atoms with Crippen molar-refractivity contribution in [2.75, 3.05) is 6.54 Å². The van der Waals surface area contributed by atoms with Gasteiger partial charge in [0.25, 0.3) is 0 Å². The van der Waals surface area contributed by atoms with Gasteiger partial charge < -0.3 is 9.88 Å². The molecule has 1 heterocycles. The summed E-state index contributed by atoms with van der Waals surface area (Å²) in [6, 6.07) is 11.6. The number of hydrogen-bond donors (Lipinski definition) is 1. The Morgan fingerprint density at radius 1 is 1.00 bits per heavy atom. The highest BCUT2D eigenvalue weighted by atomic mass is 15.0. The Morgan fingerprint density at radius 3 is 2.30 bits per heavy atom. The zero-order chi connectivity index (χ0) is 14.4. The van der Waals surface area contributed by atoms with Crippen LogP contribution in [0.25, 0.3) is 0 Å². The van der Waals surface area contributed by atoms with E-state index in [4.69, 9.17) is 0 Å². The second-order valence-corrected chi connectivity index (χ2v) is 5.31. The summed E-state index contributed by atoms with van der Waals surface area (Å²) in [7, 11) is 0. The van der Waals surface area contributed by atoms with Crippen LogP contribution in [0.15, 0.2) is 42.7 Å². The van der Waals surface area contributed by atoms with Crippen molar-refractivity contribution in [3.63, 3.8) is 0 Å². The Labute approximate surface area is 122 Å². The third kappa shape index (κ3) is 3.73. The van der Waals surface area contributed by atoms with Gasteiger partial charge in [0.2, 0.25) is 0 Å². The maximum Gasteiger partial charge on any atom is 0.0470 e. The van der Waals surface area contributed by atoms with E-state index in [1.165, 1.54) is 16.7 Å². The third-order valence-electron chi connectivity index (χ3n) is 3.83. The first kappa shape index (κ1) is 14.9. The van der Waals surface area contributed by atoms with Crippen LogP contribution in [0.4, 0.5) is 0 Å². The number of nitrogens with zero attached hydrogens (tertiary/aromatic N) is 1. The average molecular weight is 270 g/mol. The van der Waals surface area contributed by atoms with Gasteiger partial charge in [-0.25, -0.2) is 0 Å². The molecule has 2 aromatic rings. The molecule has 0 saturated carbocycles. The average Bonchev–Trinajstić information content (AvgIpc) is 2.94. The van der Waals surface area contributed by atoms with Crippen molar-refractivity contribution in [3.8, 4) is 0 Å². The lowest BCUT2D eigenvalue weighted by atomic mass is 10.1. The largest absolute Gasteiger partial charge is 0.350 e. The molecule has 1 aromatic carbocycles. The highest BCUT2D eigenvalue weighted by Crippen LogP contribution is 2.17. The van der Waals surface area contributed by atoms with Crippen LogP contribution >= 0.6 is 0 Å². The molecule has 1 N–H and O–H groups in total. The molecule has 20 heavy (non-hydrogen) atoms. The van der Waals surface area contributed by atoms with Gasteiger partial charge in [0.1, 0.15) is 0 Å². The lowest BCUT2D eigenvalue weighted by Crippen LogP contribution is -2.19. The van der Waals surface area contributed by atoms with Crippen LogP contribution in [-0.4, -0.2) is 11.1 Å². The predicted octanol–water partition coefficient (Wildman–Crippen LogP) is 4.16. The normalized spacial score (nSPS) is 12.6. The molecule has 0 bridgehead atoms. The number of benzene rings is 1. The minimum absolute atomic E-state index is 0.476. The molecule has 1 unspecified atom stereocenters. The predicted molar refractivity (Wildman–Crippen MR) is 86.1 cm³/mol. The van der Waals surface area contributed by atoms with E-state index in [0.29, 0.717) is 6.04 Å². The van der Waals surface area contributed by atoms with Crippen molar-refractivity contribution < 1.29 is 0 Å². The van der Waals surface area contributed by atoms with E-state index in [0.717, 1.165) is 25.9 Å². The number of aryl methyl sites for hydroxylation is 1. The van der Waals surface area contributed by atoms with E-state index in [9.17, 15) is 0 Å². The molecule has 0 saturated heterocycles. The molecule has 0 aliphatic carbocycles. The van der Waals surface area contributed by atoms with Crippen LogP contribution in [0.2, 0.25) is 0 Å². The molecule has 108 valence electrons. The summed E-state index contributed by atoms with van der Waals surface area (Å²) < 4.78 is 2.27. The first-order valence-electron chi connectivity index (χ1n) is 7.73. The van der Waals surface area contributed by atoms with Crippen LogP contribution in [0.3, 0.4) is 0 Å². The summed E-state index contributed by atoms with van der Waals surface area (Å²) in [5.41, 5.74) is 4.15. The summed E-state index contributed by atoms with van der Waals surface area (Å²) in [6.07, 6.45) is 6.69. The minimum Gasteiger partial charge on any atom is -0.350 e. The molecule has 2 heteroatoms. The monoisotopic (exact) mass is 270 g/mol. The first-order chi connectivity index (χ1) is 9.76. The fourth-order valence-electron chi connectivity index (χ4n) is 2.60. The fraction of sp³-hybridized carbons (Fsp3) is 0.444. The summed E-state index contributed by atoms with van der Waals surface area (Å²) in [5, 5.41) is 3.53. The van der Waals surface area contributed by atoms with Crippen molar-refractivity contribution in [2.45, 2.75) is 46.2 Å². The topological polar surface area (TPSA) is 17.0 Å². The molecule has 1 aromatic heterocycles. The van der Waals surface area contributed by atoms with Crippen molar-refractivity contribution in [1.82, 2.24) is 9.88 Å². The summed E-state index contributed by atoms with van der Waals surface area (Å²) in [5.74, 6) is 0. The van der Waals surface area contributed by atoms with Crippen molar-refractivity contribution in [1.29, 1.82) is 0 Å². The van der Waals surface area contributed by atoms with E-state index < -0.39 is 0 Å². The molecule has 0 radical (unpaired) electrons. The Balaban J connectivity index is 2.04. The van der Waals surface area contributed by atoms with Gasteiger partial charge in [-0.1, -0.05) is 45.0 Å². The Morgan fingerprint density at radius 2 is 1.70 bits per heavy atom. The van der Waals surface area contributed by atoms with E-state index in [1.807, 2.05) is 0 Å². The van der Waals surface area contributed by atoms with Crippen molar-refractivity contribution in [3.05, 3.63) is 59.4 Å². The molecule has 0 amide bonds. The molecular weight excluding hydrogens is 244 g/mol. The van der Waals surface area contributed by atoms with Gasteiger partial charge >= 0.3 is 0 Å². The van der Waals surface area contributed by atoms with Crippen molar-refractivity contribution >= 4 is 0 Å². The van der Waals surface area contributed by atoms with E-state index in [2.05, 4.69) is 73.4 Å². The number of aromatic nitrogens is 1. The molecule has 2 rings (SSSR count). The van der Waals surface area contributed by atoms with Gasteiger partial charge in [0.05, 0.1) is 0 Å². The smallest absolute Gasteiger partial charge is 0.0470 e. The first-order valence-corrected chi connectivity index (χ1v) is 7.73. The zero-order valence-electron chi connectivity index (χ0n) is 12.9. The lowest BCUT2D eigenvalue weighted by Gasteiger charge is -2.14. The van der Waals surface area contributed by atoms with Gasteiger partial charge in [-0.2, -0.15) is 0 Å². The highest BCUT2D eigenvalue weighted by Gasteiger charge is 2.08. The number of nitrogens with one attached hydrogen (secondary N) is 1. The van der Waals surface area contributed by atoms with Gasteiger partial charge in [-0.05, 0) is 42.1 Å². The highest BCUT2D eigenvalue weighted by molar-refractivity contribution is 5.24. The SMILES string of the molecule is CCNC(CC)c1ccn(Cc2ccc(CC)cc2)c1. The maximum absolute atomic E-state index is 3.53. The van der Waals surface area contributed by atoms with Gasteiger partial charge in [-0.15, -0.1) is 0 Å². The second kappa shape index (κ2) is 7.30. The molecular formula is C18H26N2. The third-order valence-corrected chi connectivity index (χ3v) is 3.83. The van der Waals surface area contributed by atoms with E-state index >= 15 is 0 Å². The van der Waals surface area contributed by atoms with Crippen LogP contribution in [0, 0.1) is 0 Å². The summed E-state index contributed by atoms with van der Waals surface area (Å²) in [4.78, 5) is 0. The molecule has 0 aliphatic rings. The van der Waals surface area contributed by atoms with Crippen molar-refractivity contribution in [2.24, 2.45) is 0 Å².